The van der Waals surface area contributed by atoms with Gasteiger partial charge < -0.3 is 15.5 Å². The molecule has 1 aromatic carbocycles. The lowest BCUT2D eigenvalue weighted by atomic mass is 10.2. The standard InChI is InChI=1S/C10H12Br2FNO2/c1-5-7(11)2-8(12)10(9(5)13)14-3-6(16)4-15/h2,6,14-16H,3-4H2,1H3. The van der Waals surface area contributed by atoms with E-state index in [0.29, 0.717) is 14.5 Å². The van der Waals surface area contributed by atoms with E-state index in [-0.39, 0.29) is 24.7 Å². The summed E-state index contributed by atoms with van der Waals surface area (Å²) in [4.78, 5) is 0. The van der Waals surface area contributed by atoms with Gasteiger partial charge in [0, 0.05) is 21.1 Å². The van der Waals surface area contributed by atoms with Crippen LogP contribution in [0.25, 0.3) is 0 Å². The van der Waals surface area contributed by atoms with Crippen molar-refractivity contribution in [3.63, 3.8) is 0 Å². The van der Waals surface area contributed by atoms with Crippen molar-refractivity contribution in [3.8, 4) is 0 Å². The molecule has 3 nitrogen and oxygen atoms in total. The molecule has 0 spiro atoms. The monoisotopic (exact) mass is 355 g/mol. The molecule has 1 atom stereocenters. The molecule has 0 aliphatic rings. The summed E-state index contributed by atoms with van der Waals surface area (Å²) in [5.41, 5.74) is 0.775. The Bertz CT molecular complexity index is 388. The van der Waals surface area contributed by atoms with E-state index >= 15 is 0 Å². The molecule has 0 saturated carbocycles. The van der Waals surface area contributed by atoms with E-state index in [1.54, 1.807) is 13.0 Å². The largest absolute Gasteiger partial charge is 0.394 e. The van der Waals surface area contributed by atoms with Gasteiger partial charge in [0.05, 0.1) is 18.4 Å². The number of nitrogens with one attached hydrogen (secondary N) is 1. The Balaban J connectivity index is 2.92. The predicted octanol–water partition coefficient (Wildman–Crippen LogP) is 2.42. The van der Waals surface area contributed by atoms with Crippen LogP contribution in [0.1, 0.15) is 5.56 Å². The van der Waals surface area contributed by atoms with Gasteiger partial charge in [-0.05, 0) is 28.9 Å². The van der Waals surface area contributed by atoms with E-state index in [0.717, 1.165) is 0 Å². The molecule has 0 bridgehead atoms. The first-order chi connectivity index (χ1) is 7.47. The molecular formula is C10H12Br2FNO2. The van der Waals surface area contributed by atoms with Gasteiger partial charge in [0.15, 0.2) is 5.82 Å². The van der Waals surface area contributed by atoms with Gasteiger partial charge in [-0.1, -0.05) is 15.9 Å². The van der Waals surface area contributed by atoms with Crippen molar-refractivity contribution in [2.24, 2.45) is 0 Å². The second kappa shape index (κ2) is 5.95. The number of hydrogen-bond donors (Lipinski definition) is 3. The number of anilines is 1. The Morgan fingerprint density at radius 2 is 2.06 bits per heavy atom. The minimum absolute atomic E-state index is 0.0904. The van der Waals surface area contributed by atoms with Crippen molar-refractivity contribution in [1.29, 1.82) is 0 Å². The van der Waals surface area contributed by atoms with Crippen LogP contribution in [0.5, 0.6) is 0 Å². The average Bonchev–Trinajstić information content (AvgIpc) is 2.25. The van der Waals surface area contributed by atoms with Crippen LogP contribution in [0.3, 0.4) is 0 Å². The van der Waals surface area contributed by atoms with E-state index in [1.807, 2.05) is 0 Å². The number of rotatable bonds is 4. The van der Waals surface area contributed by atoms with Crippen LogP contribution in [-0.4, -0.2) is 29.5 Å². The maximum Gasteiger partial charge on any atom is 0.151 e. The lowest BCUT2D eigenvalue weighted by Gasteiger charge is -2.14. The van der Waals surface area contributed by atoms with Crippen molar-refractivity contribution < 1.29 is 14.6 Å². The van der Waals surface area contributed by atoms with E-state index in [2.05, 4.69) is 37.2 Å². The van der Waals surface area contributed by atoms with Gasteiger partial charge >= 0.3 is 0 Å². The summed E-state index contributed by atoms with van der Waals surface area (Å²) in [6, 6.07) is 1.73. The molecule has 1 unspecified atom stereocenters. The quantitative estimate of drug-likeness (QED) is 0.776. The van der Waals surface area contributed by atoms with Crippen LogP contribution in [0.4, 0.5) is 10.1 Å². The van der Waals surface area contributed by atoms with Gasteiger partial charge in [-0.25, -0.2) is 4.39 Å². The lowest BCUT2D eigenvalue weighted by Crippen LogP contribution is -2.23. The third-order valence-electron chi connectivity index (χ3n) is 2.12. The van der Waals surface area contributed by atoms with E-state index in [4.69, 9.17) is 10.2 Å². The number of aliphatic hydroxyl groups is 2. The number of benzene rings is 1. The Hall–Kier alpha value is -0.170. The summed E-state index contributed by atoms with van der Waals surface area (Å²) in [6.45, 7) is 1.38. The second-order valence-corrected chi connectivity index (χ2v) is 5.08. The molecule has 16 heavy (non-hydrogen) atoms. The van der Waals surface area contributed by atoms with Crippen LogP contribution in [-0.2, 0) is 0 Å². The Kier molecular flexibility index (Phi) is 5.17. The highest BCUT2D eigenvalue weighted by atomic mass is 79.9. The second-order valence-electron chi connectivity index (χ2n) is 3.37. The predicted molar refractivity (Wildman–Crippen MR) is 68.1 cm³/mol. The summed E-state index contributed by atoms with van der Waals surface area (Å²) < 4.78 is 15.0. The van der Waals surface area contributed by atoms with Gasteiger partial charge in [-0.15, -0.1) is 0 Å². The molecule has 0 aliphatic heterocycles. The maximum atomic E-state index is 13.8. The van der Waals surface area contributed by atoms with Crippen LogP contribution in [0.15, 0.2) is 15.0 Å². The molecule has 0 amide bonds. The van der Waals surface area contributed by atoms with E-state index < -0.39 is 6.10 Å². The van der Waals surface area contributed by atoms with Crippen molar-refractivity contribution >= 4 is 37.5 Å². The molecule has 0 heterocycles. The molecule has 0 saturated heterocycles. The van der Waals surface area contributed by atoms with Gasteiger partial charge in [0.25, 0.3) is 0 Å². The van der Waals surface area contributed by atoms with Crippen molar-refractivity contribution in [2.75, 3.05) is 18.5 Å². The fraction of sp³-hybridized carbons (Fsp3) is 0.400. The third-order valence-corrected chi connectivity index (χ3v) is 3.57. The molecule has 90 valence electrons. The van der Waals surface area contributed by atoms with Gasteiger partial charge in [-0.3, -0.25) is 0 Å². The topological polar surface area (TPSA) is 52.5 Å². The maximum absolute atomic E-state index is 13.8. The Labute approximate surface area is 110 Å². The van der Waals surface area contributed by atoms with Gasteiger partial charge in [-0.2, -0.15) is 0 Å². The van der Waals surface area contributed by atoms with E-state index in [1.165, 1.54) is 0 Å². The highest BCUT2D eigenvalue weighted by molar-refractivity contribution is 9.11. The zero-order chi connectivity index (χ0) is 12.3. The first-order valence-corrected chi connectivity index (χ1v) is 6.22. The van der Waals surface area contributed by atoms with Crippen molar-refractivity contribution in [2.45, 2.75) is 13.0 Å². The third kappa shape index (κ3) is 3.16. The molecule has 1 rings (SSSR count). The number of halogens is 3. The highest BCUT2D eigenvalue weighted by Crippen LogP contribution is 2.32. The molecule has 1 aromatic rings. The molecule has 6 heteroatoms. The first kappa shape index (κ1) is 13.9. The molecule has 0 fully saturated rings. The average molecular weight is 357 g/mol. The summed E-state index contributed by atoms with van der Waals surface area (Å²) in [5, 5.41) is 20.6. The van der Waals surface area contributed by atoms with Crippen molar-refractivity contribution in [1.82, 2.24) is 0 Å². The lowest BCUT2D eigenvalue weighted by molar-refractivity contribution is 0.105. The molecule has 3 N–H and O–H groups in total. The number of aliphatic hydroxyl groups excluding tert-OH is 2. The van der Waals surface area contributed by atoms with Crippen LogP contribution >= 0.6 is 31.9 Å². The summed E-state index contributed by atoms with van der Waals surface area (Å²) in [7, 11) is 0. The van der Waals surface area contributed by atoms with Crippen LogP contribution in [0, 0.1) is 12.7 Å². The molecule has 0 radical (unpaired) electrons. The van der Waals surface area contributed by atoms with Crippen LogP contribution < -0.4 is 5.32 Å². The van der Waals surface area contributed by atoms with Crippen molar-refractivity contribution in [3.05, 3.63) is 26.4 Å². The molecule has 0 aliphatic carbocycles. The fourth-order valence-electron chi connectivity index (χ4n) is 1.14. The highest BCUT2D eigenvalue weighted by Gasteiger charge is 2.13. The van der Waals surface area contributed by atoms with Gasteiger partial charge in [0.2, 0.25) is 0 Å². The molecular weight excluding hydrogens is 345 g/mol. The molecule has 0 aromatic heterocycles. The van der Waals surface area contributed by atoms with E-state index in [9.17, 15) is 4.39 Å². The summed E-state index contributed by atoms with van der Waals surface area (Å²) in [5.74, 6) is -0.383. The smallest absolute Gasteiger partial charge is 0.151 e. The number of hydrogen-bond acceptors (Lipinski definition) is 3. The first-order valence-electron chi connectivity index (χ1n) is 4.64. The Morgan fingerprint density at radius 1 is 1.44 bits per heavy atom. The zero-order valence-electron chi connectivity index (χ0n) is 8.60. The fourth-order valence-corrected chi connectivity index (χ4v) is 2.39. The van der Waals surface area contributed by atoms with Gasteiger partial charge in [0.1, 0.15) is 0 Å². The minimum Gasteiger partial charge on any atom is -0.394 e. The van der Waals surface area contributed by atoms with Crippen LogP contribution in [0.2, 0.25) is 0 Å². The Morgan fingerprint density at radius 3 is 2.62 bits per heavy atom. The normalized spacial score (nSPS) is 12.6. The summed E-state index contributed by atoms with van der Waals surface area (Å²) in [6.07, 6.45) is -0.907. The zero-order valence-corrected chi connectivity index (χ0v) is 11.8. The summed E-state index contributed by atoms with van der Waals surface area (Å²) >= 11 is 6.47. The SMILES string of the molecule is Cc1c(Br)cc(Br)c(NCC(O)CO)c1F. The minimum atomic E-state index is -0.907.